The SMILES string of the molecule is CC(O)(CCc1ccc2c(c1)CCO2)CC1COCCN1. The molecule has 2 aliphatic heterocycles. The summed E-state index contributed by atoms with van der Waals surface area (Å²) in [6.07, 6.45) is 3.41. The maximum atomic E-state index is 10.6. The van der Waals surface area contributed by atoms with Crippen LogP contribution in [-0.4, -0.2) is 43.1 Å². The Labute approximate surface area is 126 Å². The molecule has 3 rings (SSSR count). The highest BCUT2D eigenvalue weighted by molar-refractivity contribution is 5.39. The first-order chi connectivity index (χ1) is 10.1. The van der Waals surface area contributed by atoms with Crippen LogP contribution in [0, 0.1) is 0 Å². The molecule has 0 amide bonds. The van der Waals surface area contributed by atoms with E-state index in [2.05, 4.69) is 23.5 Å². The fourth-order valence-electron chi connectivity index (χ4n) is 3.19. The van der Waals surface area contributed by atoms with Gasteiger partial charge < -0.3 is 19.9 Å². The van der Waals surface area contributed by atoms with Gasteiger partial charge in [0.2, 0.25) is 0 Å². The number of fused-ring (bicyclic) bond motifs is 1. The van der Waals surface area contributed by atoms with Gasteiger partial charge in [-0.3, -0.25) is 0 Å². The molecule has 0 radical (unpaired) electrons. The fraction of sp³-hybridized carbons (Fsp3) is 0.647. The Hall–Kier alpha value is -1.10. The summed E-state index contributed by atoms with van der Waals surface area (Å²) in [5, 5.41) is 14.0. The summed E-state index contributed by atoms with van der Waals surface area (Å²) in [5.74, 6) is 1.02. The van der Waals surface area contributed by atoms with Crippen LogP contribution >= 0.6 is 0 Å². The van der Waals surface area contributed by atoms with Crippen molar-refractivity contribution in [1.82, 2.24) is 5.32 Å². The van der Waals surface area contributed by atoms with Crippen LogP contribution in [0.4, 0.5) is 0 Å². The Bertz CT molecular complexity index is 481. The van der Waals surface area contributed by atoms with Crippen LogP contribution < -0.4 is 10.1 Å². The molecule has 21 heavy (non-hydrogen) atoms. The van der Waals surface area contributed by atoms with Gasteiger partial charge in [0.15, 0.2) is 0 Å². The van der Waals surface area contributed by atoms with Gasteiger partial charge in [-0.05, 0) is 43.4 Å². The molecule has 1 aromatic carbocycles. The van der Waals surface area contributed by atoms with Crippen molar-refractivity contribution in [1.29, 1.82) is 0 Å². The van der Waals surface area contributed by atoms with E-state index in [0.717, 1.165) is 51.2 Å². The Balaban J connectivity index is 1.53. The van der Waals surface area contributed by atoms with Crippen molar-refractivity contribution >= 4 is 0 Å². The predicted molar refractivity (Wildman–Crippen MR) is 81.8 cm³/mol. The Kier molecular flexibility index (Phi) is 4.48. The summed E-state index contributed by atoms with van der Waals surface area (Å²) >= 11 is 0. The molecule has 2 atom stereocenters. The average Bonchev–Trinajstić information content (AvgIpc) is 2.93. The third-order valence-electron chi connectivity index (χ3n) is 4.39. The van der Waals surface area contributed by atoms with Crippen LogP contribution in [0.1, 0.15) is 30.9 Å². The minimum absolute atomic E-state index is 0.266. The number of morpholine rings is 1. The van der Waals surface area contributed by atoms with Crippen molar-refractivity contribution in [3.8, 4) is 5.75 Å². The van der Waals surface area contributed by atoms with E-state index in [1.807, 2.05) is 6.92 Å². The number of benzene rings is 1. The number of hydrogen-bond acceptors (Lipinski definition) is 4. The maximum Gasteiger partial charge on any atom is 0.122 e. The lowest BCUT2D eigenvalue weighted by Crippen LogP contribution is -2.46. The Morgan fingerprint density at radius 2 is 2.29 bits per heavy atom. The van der Waals surface area contributed by atoms with E-state index in [0.29, 0.717) is 6.61 Å². The lowest BCUT2D eigenvalue weighted by molar-refractivity contribution is 0.00119. The molecule has 4 heteroatoms. The van der Waals surface area contributed by atoms with E-state index < -0.39 is 5.60 Å². The first-order valence-corrected chi connectivity index (χ1v) is 7.90. The maximum absolute atomic E-state index is 10.6. The van der Waals surface area contributed by atoms with Crippen molar-refractivity contribution in [3.63, 3.8) is 0 Å². The molecule has 116 valence electrons. The number of aryl methyl sites for hydroxylation is 1. The van der Waals surface area contributed by atoms with Crippen molar-refractivity contribution in [2.75, 3.05) is 26.4 Å². The molecular weight excluding hydrogens is 266 g/mol. The second-order valence-electron chi connectivity index (χ2n) is 6.47. The highest BCUT2D eigenvalue weighted by Crippen LogP contribution is 2.27. The van der Waals surface area contributed by atoms with Crippen molar-refractivity contribution in [3.05, 3.63) is 29.3 Å². The number of rotatable bonds is 5. The topological polar surface area (TPSA) is 50.7 Å². The summed E-state index contributed by atoms with van der Waals surface area (Å²) < 4.78 is 11.0. The van der Waals surface area contributed by atoms with Gasteiger partial charge >= 0.3 is 0 Å². The van der Waals surface area contributed by atoms with E-state index >= 15 is 0 Å². The molecule has 1 fully saturated rings. The number of aliphatic hydroxyl groups is 1. The third-order valence-corrected chi connectivity index (χ3v) is 4.39. The van der Waals surface area contributed by atoms with Gasteiger partial charge in [-0.25, -0.2) is 0 Å². The van der Waals surface area contributed by atoms with Crippen LogP contribution in [0.5, 0.6) is 5.75 Å². The van der Waals surface area contributed by atoms with Gasteiger partial charge in [0.1, 0.15) is 5.75 Å². The molecule has 4 nitrogen and oxygen atoms in total. The van der Waals surface area contributed by atoms with Gasteiger partial charge in [-0.1, -0.05) is 12.1 Å². The van der Waals surface area contributed by atoms with Gasteiger partial charge in [0.05, 0.1) is 25.4 Å². The van der Waals surface area contributed by atoms with Gasteiger partial charge in [-0.15, -0.1) is 0 Å². The minimum atomic E-state index is -0.659. The van der Waals surface area contributed by atoms with E-state index in [1.54, 1.807) is 0 Å². The van der Waals surface area contributed by atoms with E-state index in [4.69, 9.17) is 9.47 Å². The van der Waals surface area contributed by atoms with E-state index in [1.165, 1.54) is 11.1 Å². The molecular formula is C17H25NO3. The molecule has 2 N–H and O–H groups in total. The van der Waals surface area contributed by atoms with Crippen LogP contribution in [0.3, 0.4) is 0 Å². The highest BCUT2D eigenvalue weighted by Gasteiger charge is 2.26. The molecule has 2 aliphatic rings. The van der Waals surface area contributed by atoms with Crippen molar-refractivity contribution < 1.29 is 14.6 Å². The van der Waals surface area contributed by atoms with Gasteiger partial charge in [-0.2, -0.15) is 0 Å². The molecule has 0 spiro atoms. The first-order valence-electron chi connectivity index (χ1n) is 7.90. The third kappa shape index (κ3) is 3.96. The molecule has 2 unspecified atom stereocenters. The zero-order chi connectivity index (χ0) is 14.7. The summed E-state index contributed by atoms with van der Waals surface area (Å²) in [4.78, 5) is 0. The second kappa shape index (κ2) is 6.34. The highest BCUT2D eigenvalue weighted by atomic mass is 16.5. The normalized spacial score (nSPS) is 24.2. The van der Waals surface area contributed by atoms with Crippen LogP contribution in [0.25, 0.3) is 0 Å². The number of nitrogens with one attached hydrogen (secondary N) is 1. The van der Waals surface area contributed by atoms with E-state index in [9.17, 15) is 5.11 Å². The molecule has 1 saturated heterocycles. The number of hydrogen-bond donors (Lipinski definition) is 2. The van der Waals surface area contributed by atoms with Crippen LogP contribution in [0.2, 0.25) is 0 Å². The van der Waals surface area contributed by atoms with Crippen LogP contribution in [0.15, 0.2) is 18.2 Å². The van der Waals surface area contributed by atoms with E-state index in [-0.39, 0.29) is 6.04 Å². The molecule has 0 saturated carbocycles. The quantitative estimate of drug-likeness (QED) is 0.867. The first kappa shape index (κ1) is 14.8. The zero-order valence-electron chi connectivity index (χ0n) is 12.7. The van der Waals surface area contributed by atoms with Crippen LogP contribution in [-0.2, 0) is 17.6 Å². The van der Waals surface area contributed by atoms with Gasteiger partial charge in [0.25, 0.3) is 0 Å². The Morgan fingerprint density at radius 3 is 3.10 bits per heavy atom. The summed E-state index contributed by atoms with van der Waals surface area (Å²) in [7, 11) is 0. The summed E-state index contributed by atoms with van der Waals surface area (Å²) in [6, 6.07) is 6.66. The standard InChI is InChI=1S/C17H25NO3/c1-17(19,11-15-12-20-9-7-18-15)6-4-13-2-3-16-14(10-13)5-8-21-16/h2-3,10,15,18-19H,4-9,11-12H2,1H3. The molecule has 0 aliphatic carbocycles. The monoisotopic (exact) mass is 291 g/mol. The minimum Gasteiger partial charge on any atom is -0.493 e. The Morgan fingerprint density at radius 1 is 1.38 bits per heavy atom. The zero-order valence-corrected chi connectivity index (χ0v) is 12.7. The molecule has 0 aromatic heterocycles. The van der Waals surface area contributed by atoms with Gasteiger partial charge in [0, 0.05) is 19.0 Å². The largest absolute Gasteiger partial charge is 0.493 e. The van der Waals surface area contributed by atoms with Crippen molar-refractivity contribution in [2.24, 2.45) is 0 Å². The lowest BCUT2D eigenvalue weighted by atomic mass is 9.89. The summed E-state index contributed by atoms with van der Waals surface area (Å²) in [5.41, 5.74) is 1.93. The smallest absolute Gasteiger partial charge is 0.122 e. The second-order valence-corrected chi connectivity index (χ2v) is 6.47. The molecule has 2 heterocycles. The number of ether oxygens (including phenoxy) is 2. The predicted octanol–water partition coefficient (Wildman–Crippen LogP) is 1.68. The van der Waals surface area contributed by atoms with Crippen molar-refractivity contribution in [2.45, 2.75) is 44.2 Å². The lowest BCUT2D eigenvalue weighted by Gasteiger charge is -2.31. The molecule has 1 aromatic rings. The summed E-state index contributed by atoms with van der Waals surface area (Å²) in [6.45, 7) is 5.08. The fourth-order valence-corrected chi connectivity index (χ4v) is 3.19. The molecule has 0 bridgehead atoms. The average molecular weight is 291 g/mol.